The standard InChI is InChI=1S/C40H53FN4O5/c1-39(2,3)43-37(48)40(30-12-8-5-9-13-30)18-20-44(21-19-40)36(47)33(23-27-14-16-31(41)17-15-27)42-35(46)32-22-29-24-34(32)45(25-29)38(49)50-26-28-10-6-4-7-11-28/h4,6-7,10-11,14-17,29-30,32-34H,5,8-9,12-13,18-26H2,1-3H3,(H,42,46)(H,43,48)/t29-,32-,33-,34+/m1/s1. The van der Waals surface area contributed by atoms with E-state index in [4.69, 9.17) is 4.74 Å². The summed E-state index contributed by atoms with van der Waals surface area (Å²) in [4.78, 5) is 58.8. The fraction of sp³-hybridized carbons (Fsp3) is 0.600. The first-order valence-corrected chi connectivity index (χ1v) is 18.6. The molecule has 270 valence electrons. The first-order valence-electron chi connectivity index (χ1n) is 18.6. The quantitative estimate of drug-likeness (QED) is 0.336. The van der Waals surface area contributed by atoms with Gasteiger partial charge in [-0.2, -0.15) is 0 Å². The van der Waals surface area contributed by atoms with Gasteiger partial charge >= 0.3 is 6.09 Å². The van der Waals surface area contributed by atoms with Crippen molar-refractivity contribution in [1.82, 2.24) is 20.4 Å². The third kappa shape index (κ3) is 8.16. The molecular formula is C40H53FN4O5. The van der Waals surface area contributed by atoms with E-state index in [1.54, 1.807) is 21.9 Å². The van der Waals surface area contributed by atoms with Crippen molar-refractivity contribution < 1.29 is 28.3 Å². The maximum absolute atomic E-state index is 14.3. The summed E-state index contributed by atoms with van der Waals surface area (Å²) in [5, 5.41) is 6.34. The van der Waals surface area contributed by atoms with Gasteiger partial charge in [-0.25, -0.2) is 9.18 Å². The summed E-state index contributed by atoms with van der Waals surface area (Å²) >= 11 is 0. The number of nitrogens with one attached hydrogen (secondary N) is 2. The number of amides is 4. The van der Waals surface area contributed by atoms with Gasteiger partial charge in [0.05, 0.1) is 11.3 Å². The van der Waals surface area contributed by atoms with Crippen molar-refractivity contribution in [3.63, 3.8) is 0 Å². The molecular weight excluding hydrogens is 635 g/mol. The molecule has 0 aromatic heterocycles. The molecule has 2 saturated heterocycles. The third-order valence-electron chi connectivity index (χ3n) is 11.5. The lowest BCUT2D eigenvalue weighted by Crippen LogP contribution is -2.59. The third-order valence-corrected chi connectivity index (χ3v) is 11.5. The van der Waals surface area contributed by atoms with Crippen LogP contribution >= 0.6 is 0 Å². The van der Waals surface area contributed by atoms with Crippen LogP contribution in [0.3, 0.4) is 0 Å². The van der Waals surface area contributed by atoms with Crippen molar-refractivity contribution in [2.24, 2.45) is 23.2 Å². The average Bonchev–Trinajstić information content (AvgIpc) is 3.73. The lowest BCUT2D eigenvalue weighted by molar-refractivity contribution is -0.147. The molecule has 10 heteroatoms. The molecule has 0 radical (unpaired) electrons. The van der Waals surface area contributed by atoms with Crippen molar-refractivity contribution in [2.45, 2.75) is 109 Å². The number of piperidine rings is 2. The lowest BCUT2D eigenvalue weighted by atomic mass is 9.63. The maximum Gasteiger partial charge on any atom is 0.410 e. The molecule has 4 aliphatic rings. The van der Waals surface area contributed by atoms with Crippen molar-refractivity contribution in [3.05, 3.63) is 71.5 Å². The molecule has 9 nitrogen and oxygen atoms in total. The van der Waals surface area contributed by atoms with Crippen LogP contribution < -0.4 is 10.6 Å². The Morgan fingerprint density at radius 2 is 1.60 bits per heavy atom. The highest BCUT2D eigenvalue weighted by atomic mass is 19.1. The molecule has 2 N–H and O–H groups in total. The maximum atomic E-state index is 14.3. The van der Waals surface area contributed by atoms with Gasteiger partial charge in [0.1, 0.15) is 18.5 Å². The highest BCUT2D eigenvalue weighted by Crippen LogP contribution is 2.47. The minimum absolute atomic E-state index is 0.0864. The summed E-state index contributed by atoms with van der Waals surface area (Å²) in [6, 6.07) is 14.3. The normalized spacial score (nSPS) is 24.0. The van der Waals surface area contributed by atoms with Gasteiger partial charge < -0.3 is 25.2 Å². The average molecular weight is 689 g/mol. The first-order chi connectivity index (χ1) is 23.9. The van der Waals surface area contributed by atoms with Crippen LogP contribution in [0.15, 0.2) is 54.6 Å². The lowest BCUT2D eigenvalue weighted by Gasteiger charge is -2.48. The Kier molecular flexibility index (Phi) is 10.8. The molecule has 4 atom stereocenters. The second-order valence-electron chi connectivity index (χ2n) is 16.1. The van der Waals surface area contributed by atoms with E-state index in [9.17, 15) is 23.6 Å². The van der Waals surface area contributed by atoms with Gasteiger partial charge in [0.25, 0.3) is 0 Å². The zero-order valence-corrected chi connectivity index (χ0v) is 29.8. The monoisotopic (exact) mass is 688 g/mol. The molecule has 2 aliphatic heterocycles. The number of likely N-dealkylation sites (tertiary alicyclic amines) is 2. The number of ether oxygens (including phenoxy) is 1. The number of rotatable bonds is 9. The number of carbonyl (C=O) groups excluding carboxylic acids is 4. The summed E-state index contributed by atoms with van der Waals surface area (Å²) < 4.78 is 19.4. The number of nitrogens with zero attached hydrogens (tertiary/aromatic N) is 2. The van der Waals surface area contributed by atoms with Gasteiger partial charge in [-0.15, -0.1) is 0 Å². The number of carbonyl (C=O) groups is 4. The van der Waals surface area contributed by atoms with Crippen LogP contribution in [0.4, 0.5) is 9.18 Å². The van der Waals surface area contributed by atoms with E-state index < -0.39 is 23.5 Å². The van der Waals surface area contributed by atoms with E-state index in [0.717, 1.165) is 43.2 Å². The zero-order chi connectivity index (χ0) is 35.5. The van der Waals surface area contributed by atoms with Crippen LogP contribution in [-0.2, 0) is 32.1 Å². The number of benzene rings is 2. The Bertz CT molecular complexity index is 1510. The number of hydrogen-bond acceptors (Lipinski definition) is 5. The summed E-state index contributed by atoms with van der Waals surface area (Å²) in [5.74, 6) is -0.710. The highest BCUT2D eigenvalue weighted by Gasteiger charge is 2.52. The second-order valence-corrected chi connectivity index (χ2v) is 16.1. The molecule has 6 rings (SSSR count). The van der Waals surface area contributed by atoms with Gasteiger partial charge in [0.15, 0.2) is 0 Å². The Hall–Kier alpha value is -3.95. The highest BCUT2D eigenvalue weighted by molar-refractivity contribution is 5.90. The fourth-order valence-corrected chi connectivity index (χ4v) is 8.94. The predicted octanol–water partition coefficient (Wildman–Crippen LogP) is 6.00. The fourth-order valence-electron chi connectivity index (χ4n) is 8.94. The molecule has 2 aromatic carbocycles. The van der Waals surface area contributed by atoms with Gasteiger partial charge in [0.2, 0.25) is 17.7 Å². The summed E-state index contributed by atoms with van der Waals surface area (Å²) in [7, 11) is 0. The van der Waals surface area contributed by atoms with Crippen LogP contribution in [0.25, 0.3) is 0 Å². The number of halogens is 1. The van der Waals surface area contributed by atoms with Gasteiger partial charge in [-0.3, -0.25) is 14.4 Å². The van der Waals surface area contributed by atoms with Crippen molar-refractivity contribution in [2.75, 3.05) is 19.6 Å². The van der Waals surface area contributed by atoms with E-state index in [-0.39, 0.29) is 60.0 Å². The zero-order valence-electron chi connectivity index (χ0n) is 29.8. The van der Waals surface area contributed by atoms with Crippen molar-refractivity contribution in [3.8, 4) is 0 Å². The van der Waals surface area contributed by atoms with Gasteiger partial charge in [0, 0.05) is 37.6 Å². The van der Waals surface area contributed by atoms with E-state index in [0.29, 0.717) is 38.9 Å². The van der Waals surface area contributed by atoms with Gasteiger partial charge in [-0.1, -0.05) is 61.7 Å². The topological polar surface area (TPSA) is 108 Å². The molecule has 4 fully saturated rings. The summed E-state index contributed by atoms with van der Waals surface area (Å²) in [5.41, 5.74) is 0.749. The Balaban J connectivity index is 1.15. The predicted molar refractivity (Wildman–Crippen MR) is 188 cm³/mol. The van der Waals surface area contributed by atoms with Gasteiger partial charge in [-0.05, 0) is 94.4 Å². The van der Waals surface area contributed by atoms with Crippen LogP contribution in [0.5, 0.6) is 0 Å². The smallest absolute Gasteiger partial charge is 0.410 e. The second kappa shape index (κ2) is 15.1. The minimum Gasteiger partial charge on any atom is -0.445 e. The Morgan fingerprint density at radius 1 is 0.920 bits per heavy atom. The largest absolute Gasteiger partial charge is 0.445 e. The molecule has 2 saturated carbocycles. The molecule has 0 spiro atoms. The molecule has 2 aromatic rings. The molecule has 0 unspecified atom stereocenters. The van der Waals surface area contributed by atoms with Crippen LogP contribution in [-0.4, -0.2) is 70.9 Å². The first kappa shape index (κ1) is 35.9. The van der Waals surface area contributed by atoms with E-state index in [2.05, 4.69) is 10.6 Å². The molecule has 2 aliphatic carbocycles. The Morgan fingerprint density at radius 3 is 2.24 bits per heavy atom. The van der Waals surface area contributed by atoms with Crippen LogP contribution in [0.2, 0.25) is 0 Å². The molecule has 4 amide bonds. The van der Waals surface area contributed by atoms with Crippen molar-refractivity contribution >= 4 is 23.8 Å². The number of hydrogen-bond donors (Lipinski definition) is 2. The van der Waals surface area contributed by atoms with E-state index in [1.165, 1.54) is 18.6 Å². The van der Waals surface area contributed by atoms with E-state index in [1.807, 2.05) is 51.1 Å². The molecule has 2 bridgehead atoms. The summed E-state index contributed by atoms with van der Waals surface area (Å²) in [6.45, 7) is 7.58. The summed E-state index contributed by atoms with van der Waals surface area (Å²) in [6.07, 6.45) is 7.79. The minimum atomic E-state index is -0.865. The van der Waals surface area contributed by atoms with Crippen LogP contribution in [0, 0.1) is 29.0 Å². The van der Waals surface area contributed by atoms with Crippen LogP contribution in [0.1, 0.15) is 89.7 Å². The molecule has 50 heavy (non-hydrogen) atoms. The van der Waals surface area contributed by atoms with Crippen molar-refractivity contribution in [1.29, 1.82) is 0 Å². The number of fused-ring (bicyclic) bond motifs is 2. The molecule has 2 heterocycles. The van der Waals surface area contributed by atoms with E-state index >= 15 is 0 Å². The Labute approximate surface area is 295 Å². The SMILES string of the molecule is CC(C)(C)NC(=O)C1(C2CCCCC2)CCN(C(=O)[C@@H](Cc2ccc(F)cc2)NC(=O)[C@@H]2C[C@@H]3C[C@@H]2N(C(=O)OCc2ccccc2)C3)CC1.